The number of anilines is 1. The summed E-state index contributed by atoms with van der Waals surface area (Å²) in [6.07, 6.45) is -0.218. The molecule has 2 rings (SSSR count). The van der Waals surface area contributed by atoms with Crippen LogP contribution in [0.2, 0.25) is 5.02 Å². The summed E-state index contributed by atoms with van der Waals surface area (Å²) < 4.78 is 37.4. The summed E-state index contributed by atoms with van der Waals surface area (Å²) >= 11 is 7.43. The normalized spacial score (nSPS) is 11.7. The quantitative estimate of drug-likeness (QED) is 0.878. The summed E-state index contributed by atoms with van der Waals surface area (Å²) in [5, 5.41) is 3.85. The lowest BCUT2D eigenvalue weighted by molar-refractivity contribution is -0.137. The van der Waals surface area contributed by atoms with Gasteiger partial charge in [0.1, 0.15) is 5.82 Å². The largest absolute Gasteiger partial charge is 0.417 e. The molecule has 3 nitrogen and oxygen atoms in total. The third-order valence-corrected chi connectivity index (χ3v) is 4.24. The zero-order valence-electron chi connectivity index (χ0n) is 11.2. The Morgan fingerprint density at radius 3 is 2.62 bits per heavy atom. The number of halogens is 4. The van der Waals surface area contributed by atoms with Gasteiger partial charge in [-0.1, -0.05) is 18.5 Å². The number of pyridine rings is 1. The van der Waals surface area contributed by atoms with Crippen LogP contribution in [0, 0.1) is 0 Å². The SMILES string of the molecule is CCc1cnc(CCNc2ncc(C(F)(F)F)cc2Cl)s1. The number of hydrogen-bond acceptors (Lipinski definition) is 4. The van der Waals surface area contributed by atoms with Crippen LogP contribution in [0.5, 0.6) is 0 Å². The minimum atomic E-state index is -4.44. The Bertz CT molecular complexity index is 613. The molecule has 1 N–H and O–H groups in total. The first-order valence-corrected chi connectivity index (χ1v) is 7.49. The van der Waals surface area contributed by atoms with Crippen LogP contribution in [0.15, 0.2) is 18.5 Å². The molecular formula is C13H13ClF3N3S. The van der Waals surface area contributed by atoms with E-state index in [9.17, 15) is 13.2 Å². The lowest BCUT2D eigenvalue weighted by Crippen LogP contribution is -2.09. The highest BCUT2D eigenvalue weighted by Crippen LogP contribution is 2.32. The molecule has 0 aliphatic heterocycles. The van der Waals surface area contributed by atoms with Crippen LogP contribution in [-0.2, 0) is 19.0 Å². The van der Waals surface area contributed by atoms with Crippen LogP contribution in [0.4, 0.5) is 19.0 Å². The molecule has 8 heteroatoms. The van der Waals surface area contributed by atoms with E-state index in [-0.39, 0.29) is 10.8 Å². The third kappa shape index (κ3) is 4.31. The van der Waals surface area contributed by atoms with Crippen molar-refractivity contribution >= 4 is 28.8 Å². The van der Waals surface area contributed by atoms with Crippen LogP contribution in [0.3, 0.4) is 0 Å². The Morgan fingerprint density at radius 2 is 2.05 bits per heavy atom. The van der Waals surface area contributed by atoms with Crippen molar-refractivity contribution in [3.8, 4) is 0 Å². The van der Waals surface area contributed by atoms with Crippen molar-refractivity contribution in [1.82, 2.24) is 9.97 Å². The average Bonchev–Trinajstić information content (AvgIpc) is 2.87. The minimum Gasteiger partial charge on any atom is -0.368 e. The topological polar surface area (TPSA) is 37.8 Å². The molecule has 0 aromatic carbocycles. The molecule has 0 spiro atoms. The third-order valence-electron chi connectivity index (χ3n) is 2.75. The number of thiazole rings is 1. The average molecular weight is 336 g/mol. The van der Waals surface area contributed by atoms with Crippen molar-refractivity contribution in [3.63, 3.8) is 0 Å². The Labute approximate surface area is 129 Å². The van der Waals surface area contributed by atoms with Crippen LogP contribution >= 0.6 is 22.9 Å². The van der Waals surface area contributed by atoms with Gasteiger partial charge in [0.2, 0.25) is 0 Å². The van der Waals surface area contributed by atoms with Gasteiger partial charge in [0.25, 0.3) is 0 Å². The molecular weight excluding hydrogens is 323 g/mol. The van der Waals surface area contributed by atoms with E-state index in [1.807, 2.05) is 6.20 Å². The number of nitrogens with zero attached hydrogens (tertiary/aromatic N) is 2. The maximum Gasteiger partial charge on any atom is 0.417 e. The van der Waals surface area contributed by atoms with E-state index in [2.05, 4.69) is 22.2 Å². The number of nitrogens with one attached hydrogen (secondary N) is 1. The van der Waals surface area contributed by atoms with E-state index in [0.29, 0.717) is 13.0 Å². The molecule has 0 unspecified atom stereocenters. The van der Waals surface area contributed by atoms with Crippen LogP contribution in [0.1, 0.15) is 22.4 Å². The highest BCUT2D eigenvalue weighted by atomic mass is 35.5. The van der Waals surface area contributed by atoms with Gasteiger partial charge in [0, 0.05) is 30.2 Å². The van der Waals surface area contributed by atoms with Gasteiger partial charge < -0.3 is 5.32 Å². The standard InChI is InChI=1S/C13H13ClF3N3S/c1-2-9-7-19-11(21-9)3-4-18-12-10(14)5-8(6-20-12)13(15,16)17/h5-7H,2-4H2,1H3,(H,18,20). The Balaban J connectivity index is 1.94. The summed E-state index contributed by atoms with van der Waals surface area (Å²) in [7, 11) is 0. The van der Waals surface area contributed by atoms with E-state index in [1.165, 1.54) is 4.88 Å². The maximum atomic E-state index is 12.5. The van der Waals surface area contributed by atoms with Crippen molar-refractivity contribution in [2.75, 3.05) is 11.9 Å². The summed E-state index contributed by atoms with van der Waals surface area (Å²) in [4.78, 5) is 9.18. The molecule has 21 heavy (non-hydrogen) atoms. The molecule has 2 aromatic rings. The second-order valence-electron chi connectivity index (χ2n) is 4.30. The van der Waals surface area contributed by atoms with Crippen molar-refractivity contribution in [2.24, 2.45) is 0 Å². The Hall–Kier alpha value is -1.34. The predicted molar refractivity (Wildman–Crippen MR) is 77.9 cm³/mol. The fourth-order valence-electron chi connectivity index (χ4n) is 1.64. The van der Waals surface area contributed by atoms with Crippen molar-refractivity contribution < 1.29 is 13.2 Å². The van der Waals surface area contributed by atoms with E-state index in [4.69, 9.17) is 11.6 Å². The van der Waals surface area contributed by atoms with E-state index >= 15 is 0 Å². The number of alkyl halides is 3. The molecule has 0 radical (unpaired) electrons. The summed E-state index contributed by atoms with van der Waals surface area (Å²) in [5.74, 6) is 0.247. The van der Waals surface area contributed by atoms with Crippen LogP contribution in [-0.4, -0.2) is 16.5 Å². The molecule has 0 bridgehead atoms. The fraction of sp³-hybridized carbons (Fsp3) is 0.385. The van der Waals surface area contributed by atoms with E-state index < -0.39 is 11.7 Å². The van der Waals surface area contributed by atoms with Crippen molar-refractivity contribution in [2.45, 2.75) is 25.9 Å². The summed E-state index contributed by atoms with van der Waals surface area (Å²) in [6, 6.07) is 0.871. The van der Waals surface area contributed by atoms with Crippen molar-refractivity contribution in [3.05, 3.63) is 38.9 Å². The van der Waals surface area contributed by atoms with Gasteiger partial charge in [-0.3, -0.25) is 0 Å². The molecule has 0 atom stereocenters. The highest BCUT2D eigenvalue weighted by molar-refractivity contribution is 7.11. The monoisotopic (exact) mass is 335 g/mol. The maximum absolute atomic E-state index is 12.5. The van der Waals surface area contributed by atoms with Gasteiger partial charge >= 0.3 is 6.18 Å². The molecule has 0 saturated carbocycles. The van der Waals surface area contributed by atoms with Crippen LogP contribution in [0.25, 0.3) is 0 Å². The number of hydrogen-bond donors (Lipinski definition) is 1. The van der Waals surface area contributed by atoms with Crippen LogP contribution < -0.4 is 5.32 Å². The molecule has 0 saturated heterocycles. The van der Waals surface area contributed by atoms with Gasteiger partial charge in [-0.15, -0.1) is 11.3 Å². The summed E-state index contributed by atoms with van der Waals surface area (Å²) in [6.45, 7) is 2.57. The molecule has 2 heterocycles. The van der Waals surface area contributed by atoms with Gasteiger partial charge in [-0.25, -0.2) is 9.97 Å². The lowest BCUT2D eigenvalue weighted by Gasteiger charge is -2.10. The van der Waals surface area contributed by atoms with Gasteiger partial charge in [-0.05, 0) is 12.5 Å². The summed E-state index contributed by atoms with van der Waals surface area (Å²) in [5.41, 5.74) is -0.856. The zero-order valence-corrected chi connectivity index (χ0v) is 12.7. The first kappa shape index (κ1) is 16.0. The molecule has 0 fully saturated rings. The van der Waals surface area contributed by atoms with Gasteiger partial charge in [0.05, 0.1) is 15.6 Å². The van der Waals surface area contributed by atoms with Gasteiger partial charge in [-0.2, -0.15) is 13.2 Å². The minimum absolute atomic E-state index is 0.0433. The Morgan fingerprint density at radius 1 is 1.29 bits per heavy atom. The van der Waals surface area contributed by atoms with Crippen molar-refractivity contribution in [1.29, 1.82) is 0 Å². The van der Waals surface area contributed by atoms with Gasteiger partial charge in [0.15, 0.2) is 0 Å². The number of aryl methyl sites for hydroxylation is 1. The second-order valence-corrected chi connectivity index (χ2v) is 5.91. The van der Waals surface area contributed by atoms with E-state index in [0.717, 1.165) is 23.7 Å². The first-order chi connectivity index (χ1) is 9.90. The Kier molecular flexibility index (Phi) is 5.05. The molecule has 0 aliphatic carbocycles. The highest BCUT2D eigenvalue weighted by Gasteiger charge is 2.31. The number of rotatable bonds is 5. The zero-order chi connectivity index (χ0) is 15.5. The lowest BCUT2D eigenvalue weighted by atomic mass is 10.3. The molecule has 0 aliphatic rings. The van der Waals surface area contributed by atoms with E-state index in [1.54, 1.807) is 11.3 Å². The first-order valence-electron chi connectivity index (χ1n) is 6.30. The molecule has 0 amide bonds. The predicted octanol–water partition coefficient (Wildman–Crippen LogP) is 4.43. The second kappa shape index (κ2) is 6.62. The molecule has 2 aromatic heterocycles. The smallest absolute Gasteiger partial charge is 0.368 e. The molecule has 114 valence electrons. The number of aromatic nitrogens is 2. The fourth-order valence-corrected chi connectivity index (χ4v) is 2.73.